The number of hydrogen-bond acceptors (Lipinski definition) is 4. The van der Waals surface area contributed by atoms with Crippen molar-refractivity contribution in [2.45, 2.75) is 26.8 Å². The second-order valence-corrected chi connectivity index (χ2v) is 7.96. The maximum Gasteiger partial charge on any atom is 0.148 e. The summed E-state index contributed by atoms with van der Waals surface area (Å²) < 4.78 is 22.2. The van der Waals surface area contributed by atoms with Gasteiger partial charge in [-0.2, -0.15) is 0 Å². The normalized spacial score (nSPS) is 15.4. The van der Waals surface area contributed by atoms with Crippen LogP contribution < -0.4 is 5.32 Å². The first kappa shape index (κ1) is 15.9. The Morgan fingerprint density at radius 3 is 2.19 bits per heavy atom. The third kappa shape index (κ3) is 9.12. The van der Waals surface area contributed by atoms with E-state index >= 15 is 0 Å². The van der Waals surface area contributed by atoms with Crippen LogP contribution in [0.15, 0.2) is 0 Å². The molecule has 1 N–H and O–H groups in total. The van der Waals surface area contributed by atoms with Crippen LogP contribution >= 0.6 is 0 Å². The van der Waals surface area contributed by atoms with Gasteiger partial charge in [-0.25, -0.2) is 8.42 Å². The maximum atomic E-state index is 11.1. The molecule has 0 bridgehead atoms. The molecule has 0 saturated heterocycles. The Kier molecular flexibility index (Phi) is 5.93. The van der Waals surface area contributed by atoms with E-state index in [1.54, 1.807) is 0 Å². The molecule has 98 valence electrons. The summed E-state index contributed by atoms with van der Waals surface area (Å²) >= 11 is 0. The molecule has 0 spiro atoms. The van der Waals surface area contributed by atoms with E-state index in [9.17, 15) is 8.42 Å². The average molecular weight is 250 g/mol. The highest BCUT2D eigenvalue weighted by Gasteiger charge is 2.20. The molecule has 0 rings (SSSR count). The van der Waals surface area contributed by atoms with Crippen LogP contribution in [-0.2, 0) is 9.84 Å². The van der Waals surface area contributed by atoms with E-state index in [1.807, 2.05) is 21.0 Å². The van der Waals surface area contributed by atoms with Crippen LogP contribution in [0.5, 0.6) is 0 Å². The predicted octanol–water partition coefficient (Wildman–Crippen LogP) is 0.597. The van der Waals surface area contributed by atoms with Crippen LogP contribution in [-0.4, -0.2) is 58.6 Å². The van der Waals surface area contributed by atoms with Crippen molar-refractivity contribution in [3.05, 3.63) is 0 Å². The number of nitrogens with zero attached hydrogens (tertiary/aromatic N) is 1. The average Bonchev–Trinajstić information content (AvgIpc) is 1.95. The van der Waals surface area contributed by atoms with E-state index in [2.05, 4.69) is 24.1 Å². The summed E-state index contributed by atoms with van der Waals surface area (Å²) in [6.07, 6.45) is 1.27. The van der Waals surface area contributed by atoms with Crippen molar-refractivity contribution in [2.75, 3.05) is 39.2 Å². The molecule has 0 radical (unpaired) electrons. The minimum Gasteiger partial charge on any atom is -0.313 e. The molecule has 0 heterocycles. The molecular formula is C11H26N2O2S. The van der Waals surface area contributed by atoms with Gasteiger partial charge in [0.25, 0.3) is 0 Å². The molecule has 0 aliphatic heterocycles. The zero-order chi connectivity index (χ0) is 13.0. The second-order valence-electron chi connectivity index (χ2n) is 5.78. The van der Waals surface area contributed by atoms with Crippen molar-refractivity contribution >= 4 is 9.84 Å². The fourth-order valence-corrected chi connectivity index (χ4v) is 2.90. The van der Waals surface area contributed by atoms with Gasteiger partial charge in [-0.05, 0) is 26.4 Å². The lowest BCUT2D eigenvalue weighted by molar-refractivity contribution is 0.228. The van der Waals surface area contributed by atoms with Gasteiger partial charge in [0.2, 0.25) is 0 Å². The van der Waals surface area contributed by atoms with E-state index in [4.69, 9.17) is 0 Å². The molecule has 16 heavy (non-hydrogen) atoms. The highest BCUT2D eigenvalue weighted by Crippen LogP contribution is 2.14. The summed E-state index contributed by atoms with van der Waals surface area (Å²) in [7, 11) is 1.20. The van der Waals surface area contributed by atoms with Crippen molar-refractivity contribution in [1.82, 2.24) is 10.2 Å². The molecular weight excluding hydrogens is 224 g/mol. The molecule has 0 aliphatic rings. The van der Waals surface area contributed by atoms with Crippen molar-refractivity contribution in [2.24, 2.45) is 5.41 Å². The minimum atomic E-state index is -2.89. The summed E-state index contributed by atoms with van der Waals surface area (Å²) in [6, 6.07) is 0.0106. The molecule has 1 unspecified atom stereocenters. The van der Waals surface area contributed by atoms with Gasteiger partial charge >= 0.3 is 0 Å². The first-order valence-electron chi connectivity index (χ1n) is 5.58. The van der Waals surface area contributed by atoms with Crippen molar-refractivity contribution in [1.29, 1.82) is 0 Å². The first-order valence-corrected chi connectivity index (χ1v) is 7.64. The fourth-order valence-electron chi connectivity index (χ4n) is 1.88. The molecule has 0 amide bonds. The van der Waals surface area contributed by atoms with Crippen LogP contribution in [0.25, 0.3) is 0 Å². The quantitative estimate of drug-likeness (QED) is 0.719. The van der Waals surface area contributed by atoms with Crippen molar-refractivity contribution in [3.8, 4) is 0 Å². The highest BCUT2D eigenvalue weighted by atomic mass is 32.2. The standard InChI is InChI=1S/C11H26N2O2S/c1-10(7-16(6,14)15)12-8-11(2,3)9-13(4)5/h10,12H,7-9H2,1-6H3. The topological polar surface area (TPSA) is 49.4 Å². The fraction of sp³-hybridized carbons (Fsp3) is 1.00. The zero-order valence-electron chi connectivity index (χ0n) is 11.4. The van der Waals surface area contributed by atoms with Crippen LogP contribution in [0.4, 0.5) is 0 Å². The lowest BCUT2D eigenvalue weighted by atomic mass is 9.92. The van der Waals surface area contributed by atoms with E-state index in [0.717, 1.165) is 13.1 Å². The Labute approximate surface area is 100 Å². The Balaban J connectivity index is 4.04. The van der Waals surface area contributed by atoms with Crippen molar-refractivity contribution < 1.29 is 8.42 Å². The van der Waals surface area contributed by atoms with E-state index in [-0.39, 0.29) is 17.2 Å². The SMILES string of the molecule is CC(CS(C)(=O)=O)NCC(C)(C)CN(C)C. The Morgan fingerprint density at radius 1 is 1.31 bits per heavy atom. The predicted molar refractivity (Wildman–Crippen MR) is 69.5 cm³/mol. The Bertz CT molecular complexity index is 297. The van der Waals surface area contributed by atoms with Gasteiger partial charge in [-0.1, -0.05) is 13.8 Å². The smallest absolute Gasteiger partial charge is 0.148 e. The van der Waals surface area contributed by atoms with Crippen LogP contribution in [0.1, 0.15) is 20.8 Å². The minimum absolute atomic E-state index is 0.0106. The van der Waals surface area contributed by atoms with Gasteiger partial charge in [0.1, 0.15) is 9.84 Å². The maximum absolute atomic E-state index is 11.1. The van der Waals surface area contributed by atoms with Gasteiger partial charge in [0.15, 0.2) is 0 Å². The molecule has 0 aromatic carbocycles. The van der Waals surface area contributed by atoms with E-state index in [1.165, 1.54) is 6.26 Å². The molecule has 1 atom stereocenters. The molecule has 5 heteroatoms. The summed E-state index contributed by atoms with van der Waals surface area (Å²) in [4.78, 5) is 2.14. The number of sulfone groups is 1. The molecule has 0 aliphatic carbocycles. The van der Waals surface area contributed by atoms with Crippen LogP contribution in [0.2, 0.25) is 0 Å². The zero-order valence-corrected chi connectivity index (χ0v) is 12.2. The number of nitrogens with one attached hydrogen (secondary N) is 1. The lowest BCUT2D eigenvalue weighted by Gasteiger charge is -2.30. The molecule has 0 aromatic heterocycles. The Morgan fingerprint density at radius 2 is 1.81 bits per heavy atom. The van der Waals surface area contributed by atoms with Gasteiger partial charge in [-0.3, -0.25) is 0 Å². The van der Waals surface area contributed by atoms with Crippen LogP contribution in [0, 0.1) is 5.41 Å². The Hall–Kier alpha value is -0.130. The third-order valence-electron chi connectivity index (χ3n) is 2.23. The van der Waals surface area contributed by atoms with E-state index < -0.39 is 9.84 Å². The summed E-state index contributed by atoms with van der Waals surface area (Å²) in [5.74, 6) is 0.199. The molecule has 0 fully saturated rings. The summed E-state index contributed by atoms with van der Waals surface area (Å²) in [6.45, 7) is 8.06. The van der Waals surface area contributed by atoms with Gasteiger partial charge in [-0.15, -0.1) is 0 Å². The number of hydrogen-bond donors (Lipinski definition) is 1. The van der Waals surface area contributed by atoms with Gasteiger partial charge in [0.05, 0.1) is 5.75 Å². The monoisotopic (exact) mass is 250 g/mol. The number of rotatable bonds is 7. The highest BCUT2D eigenvalue weighted by molar-refractivity contribution is 7.90. The van der Waals surface area contributed by atoms with Crippen molar-refractivity contribution in [3.63, 3.8) is 0 Å². The molecule has 0 aromatic rings. The molecule has 4 nitrogen and oxygen atoms in total. The van der Waals surface area contributed by atoms with Crippen LogP contribution in [0.3, 0.4) is 0 Å². The summed E-state index contributed by atoms with van der Waals surface area (Å²) in [5, 5.41) is 3.28. The lowest BCUT2D eigenvalue weighted by Crippen LogP contribution is -2.42. The third-order valence-corrected chi connectivity index (χ3v) is 3.33. The van der Waals surface area contributed by atoms with Gasteiger partial charge in [0, 0.05) is 25.4 Å². The first-order chi connectivity index (χ1) is 7.02. The van der Waals surface area contributed by atoms with E-state index in [0.29, 0.717) is 0 Å². The second kappa shape index (κ2) is 5.98. The largest absolute Gasteiger partial charge is 0.313 e. The molecule has 0 saturated carbocycles. The summed E-state index contributed by atoms with van der Waals surface area (Å²) in [5.41, 5.74) is 0.148. The van der Waals surface area contributed by atoms with Gasteiger partial charge < -0.3 is 10.2 Å².